The third kappa shape index (κ3) is 7.12. The minimum atomic E-state index is -0.125. The minimum absolute atomic E-state index is 0.00330. The van der Waals surface area contributed by atoms with Gasteiger partial charge in [0, 0.05) is 0 Å². The van der Waals surface area contributed by atoms with Crippen LogP contribution in [0.3, 0.4) is 0 Å². The first-order chi connectivity index (χ1) is 8.36. The first-order valence-corrected chi connectivity index (χ1v) is 9.19. The summed E-state index contributed by atoms with van der Waals surface area (Å²) in [6, 6.07) is 0. The van der Waals surface area contributed by atoms with Crippen LogP contribution in [-0.2, 0) is 9.47 Å². The van der Waals surface area contributed by atoms with Crippen LogP contribution < -0.4 is 0 Å². The Morgan fingerprint density at radius 3 is 3.12 bits per heavy atom. The molecule has 0 aromatic rings. The molecule has 1 rings (SSSR count). The fourth-order valence-corrected chi connectivity index (χ4v) is 4.43. The van der Waals surface area contributed by atoms with Crippen molar-refractivity contribution in [1.82, 2.24) is 0 Å². The quantitative estimate of drug-likeness (QED) is 0.399. The summed E-state index contributed by atoms with van der Waals surface area (Å²) >= 11 is -0.125. The molecule has 2 nitrogen and oxygen atoms in total. The van der Waals surface area contributed by atoms with Crippen molar-refractivity contribution in [3.63, 3.8) is 0 Å². The first-order valence-electron chi connectivity index (χ1n) is 6.38. The number of allylic oxidation sites excluding steroid dienone is 1. The van der Waals surface area contributed by atoms with E-state index in [1.165, 1.54) is 27.4 Å². The SMILES string of the molecule is C#C/C=C(/COC1CCCCO1)[Te]CCCC. The zero-order valence-electron chi connectivity index (χ0n) is 10.6. The second-order valence-corrected chi connectivity index (χ2v) is 7.57. The summed E-state index contributed by atoms with van der Waals surface area (Å²) in [7, 11) is 0. The molecule has 1 fully saturated rings. The predicted octanol–water partition coefficient (Wildman–Crippen LogP) is 2.97. The summed E-state index contributed by atoms with van der Waals surface area (Å²) in [5.74, 6) is 2.63. The second kappa shape index (κ2) is 9.98. The van der Waals surface area contributed by atoms with E-state index in [2.05, 4.69) is 12.8 Å². The zero-order chi connectivity index (χ0) is 12.3. The van der Waals surface area contributed by atoms with Gasteiger partial charge in [0.2, 0.25) is 0 Å². The Morgan fingerprint density at radius 1 is 1.59 bits per heavy atom. The van der Waals surface area contributed by atoms with Crippen LogP contribution in [0.4, 0.5) is 0 Å². The number of hydrogen-bond acceptors (Lipinski definition) is 2. The maximum atomic E-state index is 5.77. The molecule has 0 N–H and O–H groups in total. The van der Waals surface area contributed by atoms with Gasteiger partial charge in [0.1, 0.15) is 0 Å². The number of hydrogen-bond donors (Lipinski definition) is 0. The molecule has 0 aliphatic carbocycles. The van der Waals surface area contributed by atoms with E-state index >= 15 is 0 Å². The third-order valence-corrected chi connectivity index (χ3v) is 5.72. The molecule has 17 heavy (non-hydrogen) atoms. The Bertz CT molecular complexity index is 262. The number of terminal acetylenes is 1. The summed E-state index contributed by atoms with van der Waals surface area (Å²) < 4.78 is 14.0. The van der Waals surface area contributed by atoms with Crippen molar-refractivity contribution < 1.29 is 9.47 Å². The first kappa shape index (κ1) is 15.1. The van der Waals surface area contributed by atoms with Crippen molar-refractivity contribution in [3.05, 3.63) is 9.70 Å². The van der Waals surface area contributed by atoms with Crippen LogP contribution in [-0.4, -0.2) is 40.4 Å². The Labute approximate surface area is 115 Å². The Morgan fingerprint density at radius 2 is 2.47 bits per heavy atom. The topological polar surface area (TPSA) is 18.5 Å². The molecule has 1 aliphatic heterocycles. The van der Waals surface area contributed by atoms with Gasteiger partial charge in [-0.05, 0) is 0 Å². The summed E-state index contributed by atoms with van der Waals surface area (Å²) in [4.78, 5) is 0. The summed E-state index contributed by atoms with van der Waals surface area (Å²) in [5, 5.41) is 0. The molecule has 1 saturated heterocycles. The molecular formula is C14H22O2Te. The maximum absolute atomic E-state index is 5.77. The molecule has 0 saturated carbocycles. The van der Waals surface area contributed by atoms with E-state index in [4.69, 9.17) is 15.9 Å². The van der Waals surface area contributed by atoms with Gasteiger partial charge in [-0.1, -0.05) is 0 Å². The van der Waals surface area contributed by atoms with Gasteiger partial charge in [0.15, 0.2) is 0 Å². The van der Waals surface area contributed by atoms with E-state index in [1.807, 2.05) is 6.08 Å². The normalized spacial score (nSPS) is 21.2. The van der Waals surface area contributed by atoms with Gasteiger partial charge in [-0.25, -0.2) is 0 Å². The van der Waals surface area contributed by atoms with E-state index in [0.717, 1.165) is 19.4 Å². The van der Waals surface area contributed by atoms with E-state index in [0.29, 0.717) is 6.61 Å². The number of ether oxygens (including phenoxy) is 2. The Kier molecular flexibility index (Phi) is 8.85. The fraction of sp³-hybridized carbons (Fsp3) is 0.714. The fourth-order valence-electron chi connectivity index (χ4n) is 1.58. The molecule has 96 valence electrons. The van der Waals surface area contributed by atoms with Crippen LogP contribution in [0.1, 0.15) is 39.0 Å². The van der Waals surface area contributed by atoms with Crippen molar-refractivity contribution in [1.29, 1.82) is 0 Å². The molecule has 1 heterocycles. The average Bonchev–Trinajstić information content (AvgIpc) is 2.37. The third-order valence-electron chi connectivity index (χ3n) is 2.58. The van der Waals surface area contributed by atoms with E-state index in [9.17, 15) is 0 Å². The van der Waals surface area contributed by atoms with E-state index < -0.39 is 0 Å². The second-order valence-electron chi connectivity index (χ2n) is 4.09. The van der Waals surface area contributed by atoms with Crippen LogP contribution in [0.5, 0.6) is 0 Å². The molecule has 1 atom stereocenters. The molecule has 1 aliphatic rings. The summed E-state index contributed by atoms with van der Waals surface area (Å²) in [5.41, 5.74) is 0. The zero-order valence-corrected chi connectivity index (χ0v) is 12.9. The average molecular weight is 350 g/mol. The Balaban J connectivity index is 2.23. The molecule has 0 radical (unpaired) electrons. The van der Waals surface area contributed by atoms with E-state index in [-0.39, 0.29) is 27.2 Å². The molecule has 0 aromatic heterocycles. The standard InChI is InChI=1S/C14H22O2Te/c1-3-5-11-17-13(8-4-2)12-16-14-9-6-7-10-15-14/h2,8,14H,3,5-7,9-12H2,1H3/b13-8-. The van der Waals surface area contributed by atoms with Crippen molar-refractivity contribution >= 4 is 20.9 Å². The molecule has 3 heteroatoms. The van der Waals surface area contributed by atoms with Gasteiger partial charge in [-0.2, -0.15) is 0 Å². The van der Waals surface area contributed by atoms with Crippen molar-refractivity contribution in [2.24, 2.45) is 0 Å². The Hall–Kier alpha value is 0.00961. The number of rotatable bonds is 7. The number of unbranched alkanes of at least 4 members (excludes halogenated alkanes) is 1. The van der Waals surface area contributed by atoms with Crippen molar-refractivity contribution in [2.45, 2.75) is 49.8 Å². The van der Waals surface area contributed by atoms with Crippen LogP contribution in [0.25, 0.3) is 0 Å². The van der Waals surface area contributed by atoms with Crippen LogP contribution in [0.15, 0.2) is 9.70 Å². The summed E-state index contributed by atoms with van der Waals surface area (Å²) in [6.45, 7) is 3.75. The van der Waals surface area contributed by atoms with Gasteiger partial charge in [-0.15, -0.1) is 0 Å². The van der Waals surface area contributed by atoms with Crippen molar-refractivity contribution in [2.75, 3.05) is 13.2 Å². The van der Waals surface area contributed by atoms with Gasteiger partial charge in [-0.3, -0.25) is 0 Å². The van der Waals surface area contributed by atoms with Crippen molar-refractivity contribution in [3.8, 4) is 12.3 Å². The monoisotopic (exact) mass is 352 g/mol. The van der Waals surface area contributed by atoms with Crippen LogP contribution in [0.2, 0.25) is 4.47 Å². The van der Waals surface area contributed by atoms with E-state index in [1.54, 1.807) is 0 Å². The molecule has 0 spiro atoms. The van der Waals surface area contributed by atoms with Gasteiger partial charge < -0.3 is 0 Å². The molecule has 0 amide bonds. The van der Waals surface area contributed by atoms with Crippen LogP contribution >= 0.6 is 0 Å². The van der Waals surface area contributed by atoms with Gasteiger partial charge >= 0.3 is 115 Å². The molecule has 1 unspecified atom stereocenters. The molecule has 0 aromatic carbocycles. The summed E-state index contributed by atoms with van der Waals surface area (Å²) in [6.07, 6.45) is 13.2. The van der Waals surface area contributed by atoms with Gasteiger partial charge in [0.25, 0.3) is 0 Å². The van der Waals surface area contributed by atoms with Gasteiger partial charge in [0.05, 0.1) is 0 Å². The molecular weight excluding hydrogens is 328 g/mol. The molecule has 0 bridgehead atoms. The van der Waals surface area contributed by atoms with Crippen LogP contribution in [0, 0.1) is 12.3 Å². The predicted molar refractivity (Wildman–Crippen MR) is 71.9 cm³/mol.